The van der Waals surface area contributed by atoms with Crippen molar-refractivity contribution in [1.29, 1.82) is 0 Å². The van der Waals surface area contributed by atoms with E-state index in [9.17, 15) is 0 Å². The summed E-state index contributed by atoms with van der Waals surface area (Å²) in [6.07, 6.45) is 4.01. The predicted molar refractivity (Wildman–Crippen MR) is 58.6 cm³/mol. The molecule has 1 heterocycles. The molecule has 0 spiro atoms. The molecule has 0 amide bonds. The molecule has 1 N–H and O–H groups in total. The molecule has 13 heavy (non-hydrogen) atoms. The van der Waals surface area contributed by atoms with Crippen LogP contribution in [0.1, 0.15) is 19.6 Å². The largest absolute Gasteiger partial charge is 0.450 e. The first-order valence-electron chi connectivity index (χ1n) is 4.34. The molecule has 0 bridgehead atoms. The quantitative estimate of drug-likeness (QED) is 0.880. The fraction of sp³-hybridized carbons (Fsp3) is 0.400. The van der Waals surface area contributed by atoms with E-state index >= 15 is 0 Å². The molecule has 0 aromatic carbocycles. The Bertz CT molecular complexity index is 278. The maximum atomic E-state index is 5.29. The fourth-order valence-corrected chi connectivity index (χ4v) is 1.22. The van der Waals surface area contributed by atoms with Crippen molar-refractivity contribution < 1.29 is 4.42 Å². The van der Waals surface area contributed by atoms with Gasteiger partial charge in [-0.3, -0.25) is 0 Å². The molecule has 0 saturated carbocycles. The lowest BCUT2D eigenvalue weighted by atomic mass is 10.3. The molecule has 1 aromatic heterocycles. The topological polar surface area (TPSA) is 25.2 Å². The average Bonchev–Trinajstić information content (AvgIpc) is 2.45. The second kappa shape index (κ2) is 5.25. The summed E-state index contributed by atoms with van der Waals surface area (Å²) in [5.74, 6) is 0.873. The van der Waals surface area contributed by atoms with Crippen molar-refractivity contribution in [3.8, 4) is 0 Å². The van der Waals surface area contributed by atoms with Gasteiger partial charge in [0.2, 0.25) is 0 Å². The van der Waals surface area contributed by atoms with Crippen molar-refractivity contribution in [2.45, 2.75) is 19.9 Å². The van der Waals surface area contributed by atoms with Crippen molar-refractivity contribution >= 4 is 22.0 Å². The Balaban J connectivity index is 2.32. The first-order chi connectivity index (χ1) is 6.18. The maximum Gasteiger partial charge on any atom is 0.169 e. The summed E-state index contributed by atoms with van der Waals surface area (Å²) in [7, 11) is 0. The highest BCUT2D eigenvalue weighted by Gasteiger charge is 1.93. The van der Waals surface area contributed by atoms with Gasteiger partial charge in [0.05, 0.1) is 0 Å². The summed E-state index contributed by atoms with van der Waals surface area (Å²) < 4.78 is 6.06. The van der Waals surface area contributed by atoms with Gasteiger partial charge < -0.3 is 9.73 Å². The Morgan fingerprint density at radius 1 is 1.54 bits per heavy atom. The van der Waals surface area contributed by atoms with Gasteiger partial charge in [0.1, 0.15) is 5.76 Å². The highest BCUT2D eigenvalue weighted by Crippen LogP contribution is 2.14. The van der Waals surface area contributed by atoms with Gasteiger partial charge in [-0.2, -0.15) is 0 Å². The zero-order valence-corrected chi connectivity index (χ0v) is 9.47. The minimum Gasteiger partial charge on any atom is -0.450 e. The molecule has 1 aromatic rings. The van der Waals surface area contributed by atoms with Crippen LogP contribution in [0.15, 0.2) is 27.3 Å². The minimum absolute atomic E-state index is 0.521. The van der Waals surface area contributed by atoms with Crippen LogP contribution in [0.25, 0.3) is 6.08 Å². The Morgan fingerprint density at radius 2 is 2.31 bits per heavy atom. The van der Waals surface area contributed by atoms with Gasteiger partial charge in [-0.25, -0.2) is 0 Å². The Hall–Kier alpha value is -0.540. The van der Waals surface area contributed by atoms with E-state index in [2.05, 4.69) is 35.1 Å². The van der Waals surface area contributed by atoms with Gasteiger partial charge >= 0.3 is 0 Å². The number of nitrogens with one attached hydrogen (secondary N) is 1. The highest BCUT2D eigenvalue weighted by molar-refractivity contribution is 9.10. The van der Waals surface area contributed by atoms with E-state index in [0.717, 1.165) is 17.0 Å². The van der Waals surface area contributed by atoms with Crippen LogP contribution in [0, 0.1) is 0 Å². The van der Waals surface area contributed by atoms with Crippen molar-refractivity contribution in [3.63, 3.8) is 0 Å². The van der Waals surface area contributed by atoms with Crippen LogP contribution in [-0.4, -0.2) is 12.6 Å². The van der Waals surface area contributed by atoms with E-state index in [1.54, 1.807) is 0 Å². The second-order valence-corrected chi connectivity index (χ2v) is 3.89. The number of halogens is 1. The van der Waals surface area contributed by atoms with Crippen LogP contribution in [0.5, 0.6) is 0 Å². The normalized spacial score (nSPS) is 11.7. The zero-order chi connectivity index (χ0) is 9.68. The van der Waals surface area contributed by atoms with E-state index in [1.807, 2.05) is 24.3 Å². The molecule has 0 aliphatic heterocycles. The zero-order valence-electron chi connectivity index (χ0n) is 7.88. The number of rotatable bonds is 4. The summed E-state index contributed by atoms with van der Waals surface area (Å²) >= 11 is 3.25. The van der Waals surface area contributed by atoms with E-state index in [0.29, 0.717) is 6.04 Å². The molecule has 2 nitrogen and oxygen atoms in total. The minimum atomic E-state index is 0.521. The van der Waals surface area contributed by atoms with Crippen molar-refractivity contribution in [2.75, 3.05) is 6.54 Å². The van der Waals surface area contributed by atoms with Crippen LogP contribution in [0.3, 0.4) is 0 Å². The van der Waals surface area contributed by atoms with E-state index in [-0.39, 0.29) is 0 Å². The number of hydrogen-bond acceptors (Lipinski definition) is 2. The van der Waals surface area contributed by atoms with Crippen LogP contribution in [0.4, 0.5) is 0 Å². The molecule has 0 aliphatic rings. The standard InChI is InChI=1S/C10H14BrNO/c1-8(2)12-7-3-4-9-5-6-10(11)13-9/h3-6,8,12H,7H2,1-2H3. The molecule has 0 atom stereocenters. The monoisotopic (exact) mass is 243 g/mol. The summed E-state index contributed by atoms with van der Waals surface area (Å²) in [5, 5.41) is 3.28. The lowest BCUT2D eigenvalue weighted by molar-refractivity contribution is 0.531. The fourth-order valence-electron chi connectivity index (χ4n) is 0.897. The summed E-state index contributed by atoms with van der Waals surface area (Å²) in [6.45, 7) is 5.12. The highest BCUT2D eigenvalue weighted by atomic mass is 79.9. The van der Waals surface area contributed by atoms with Crippen LogP contribution < -0.4 is 5.32 Å². The van der Waals surface area contributed by atoms with E-state index in [4.69, 9.17) is 4.42 Å². The first kappa shape index (κ1) is 10.5. The van der Waals surface area contributed by atoms with Gasteiger partial charge in [0, 0.05) is 12.6 Å². The summed E-state index contributed by atoms with van der Waals surface area (Å²) in [4.78, 5) is 0. The van der Waals surface area contributed by atoms with Crippen LogP contribution in [-0.2, 0) is 0 Å². The lowest BCUT2D eigenvalue weighted by Crippen LogP contribution is -2.22. The molecule has 1 rings (SSSR count). The van der Waals surface area contributed by atoms with Gasteiger partial charge in [-0.1, -0.05) is 19.9 Å². The van der Waals surface area contributed by atoms with E-state index in [1.165, 1.54) is 0 Å². The average molecular weight is 244 g/mol. The predicted octanol–water partition coefficient (Wildman–Crippen LogP) is 3.05. The molecule has 0 unspecified atom stereocenters. The van der Waals surface area contributed by atoms with Crippen molar-refractivity contribution in [1.82, 2.24) is 5.32 Å². The summed E-state index contributed by atoms with van der Waals surface area (Å²) in [5.41, 5.74) is 0. The molecule has 3 heteroatoms. The molecule has 0 radical (unpaired) electrons. The second-order valence-electron chi connectivity index (χ2n) is 3.11. The Morgan fingerprint density at radius 3 is 2.85 bits per heavy atom. The van der Waals surface area contributed by atoms with Crippen LogP contribution >= 0.6 is 15.9 Å². The molecule has 0 saturated heterocycles. The maximum absolute atomic E-state index is 5.29. The van der Waals surface area contributed by atoms with Gasteiger partial charge in [0.15, 0.2) is 4.67 Å². The third-order valence-electron chi connectivity index (χ3n) is 1.52. The Kier molecular flexibility index (Phi) is 4.25. The van der Waals surface area contributed by atoms with E-state index < -0.39 is 0 Å². The number of furan rings is 1. The first-order valence-corrected chi connectivity index (χ1v) is 5.13. The van der Waals surface area contributed by atoms with Crippen molar-refractivity contribution in [2.24, 2.45) is 0 Å². The van der Waals surface area contributed by atoms with Crippen LogP contribution in [0.2, 0.25) is 0 Å². The molecule has 72 valence electrons. The number of hydrogen-bond donors (Lipinski definition) is 1. The smallest absolute Gasteiger partial charge is 0.169 e. The molecule has 0 aliphatic carbocycles. The molecule has 0 fully saturated rings. The Labute approximate surface area is 87.1 Å². The molecular formula is C10H14BrNO. The third-order valence-corrected chi connectivity index (χ3v) is 1.95. The van der Waals surface area contributed by atoms with Gasteiger partial charge in [0.25, 0.3) is 0 Å². The van der Waals surface area contributed by atoms with Gasteiger partial charge in [-0.05, 0) is 34.1 Å². The molecular weight excluding hydrogens is 230 g/mol. The third kappa shape index (κ3) is 4.29. The van der Waals surface area contributed by atoms with Crippen molar-refractivity contribution in [3.05, 3.63) is 28.6 Å². The lowest BCUT2D eigenvalue weighted by Gasteiger charge is -2.02. The SMILES string of the molecule is CC(C)NCC=Cc1ccc(Br)o1. The summed E-state index contributed by atoms with van der Waals surface area (Å²) in [6, 6.07) is 4.33. The van der Waals surface area contributed by atoms with Gasteiger partial charge in [-0.15, -0.1) is 0 Å².